The molecule has 130 valence electrons. The van der Waals surface area contributed by atoms with Crippen molar-refractivity contribution in [1.29, 1.82) is 0 Å². The summed E-state index contributed by atoms with van der Waals surface area (Å²) < 4.78 is 11.4. The van der Waals surface area contributed by atoms with E-state index in [0.717, 1.165) is 37.6 Å². The SMILES string of the molecule is CCOc1cc2c(cc1OCC)CN(CCCC(=O)O)CC2.Cl. The van der Waals surface area contributed by atoms with Crippen molar-refractivity contribution < 1.29 is 19.4 Å². The Kier molecular flexibility index (Phi) is 8.20. The number of hydrogen-bond acceptors (Lipinski definition) is 4. The molecule has 0 aliphatic carbocycles. The van der Waals surface area contributed by atoms with E-state index in [4.69, 9.17) is 14.6 Å². The van der Waals surface area contributed by atoms with Crippen molar-refractivity contribution in [3.8, 4) is 11.5 Å². The van der Waals surface area contributed by atoms with Crippen molar-refractivity contribution in [1.82, 2.24) is 4.90 Å². The minimum Gasteiger partial charge on any atom is -0.490 e. The number of aliphatic carboxylic acids is 1. The highest BCUT2D eigenvalue weighted by atomic mass is 35.5. The summed E-state index contributed by atoms with van der Waals surface area (Å²) in [6.07, 6.45) is 1.89. The lowest BCUT2D eigenvalue weighted by Crippen LogP contribution is -2.31. The van der Waals surface area contributed by atoms with E-state index in [9.17, 15) is 4.79 Å². The average Bonchev–Trinajstić information content (AvgIpc) is 2.48. The highest BCUT2D eigenvalue weighted by molar-refractivity contribution is 5.85. The Hall–Kier alpha value is -1.46. The van der Waals surface area contributed by atoms with Crippen LogP contribution in [0.4, 0.5) is 0 Å². The Labute approximate surface area is 144 Å². The van der Waals surface area contributed by atoms with Crippen molar-refractivity contribution in [2.45, 2.75) is 39.7 Å². The lowest BCUT2D eigenvalue weighted by atomic mass is 9.98. The molecule has 0 unspecified atom stereocenters. The van der Waals surface area contributed by atoms with Gasteiger partial charge < -0.3 is 14.6 Å². The zero-order valence-corrected chi connectivity index (χ0v) is 14.7. The van der Waals surface area contributed by atoms with Crippen LogP contribution in [0.3, 0.4) is 0 Å². The summed E-state index contributed by atoms with van der Waals surface area (Å²) in [5.74, 6) is 0.898. The molecule has 0 radical (unpaired) electrons. The molecule has 1 aliphatic rings. The van der Waals surface area contributed by atoms with Crippen LogP contribution in [-0.2, 0) is 17.8 Å². The molecule has 0 spiro atoms. The molecule has 0 aromatic heterocycles. The second-order valence-corrected chi connectivity index (χ2v) is 5.46. The standard InChI is InChI=1S/C17H25NO4.ClH/c1-3-21-15-10-13-7-9-18(8-5-6-17(19)20)12-14(13)11-16(15)22-4-2;/h10-11H,3-9,12H2,1-2H3,(H,19,20);1H. The average molecular weight is 344 g/mol. The number of carbonyl (C=O) groups is 1. The van der Waals surface area contributed by atoms with Crippen LogP contribution in [0.15, 0.2) is 12.1 Å². The van der Waals surface area contributed by atoms with Gasteiger partial charge in [0.05, 0.1) is 13.2 Å². The quantitative estimate of drug-likeness (QED) is 0.785. The van der Waals surface area contributed by atoms with Gasteiger partial charge in [0.2, 0.25) is 0 Å². The molecule has 0 fully saturated rings. The van der Waals surface area contributed by atoms with Gasteiger partial charge in [0.25, 0.3) is 0 Å². The van der Waals surface area contributed by atoms with Crippen molar-refractivity contribution in [3.05, 3.63) is 23.3 Å². The molecule has 0 amide bonds. The first-order chi connectivity index (χ1) is 10.6. The maximum atomic E-state index is 10.6. The first-order valence-corrected chi connectivity index (χ1v) is 7.99. The molecule has 0 saturated carbocycles. The third-order valence-corrected chi connectivity index (χ3v) is 3.82. The van der Waals surface area contributed by atoms with E-state index in [2.05, 4.69) is 17.0 Å². The van der Waals surface area contributed by atoms with Gasteiger partial charge in [-0.2, -0.15) is 0 Å². The van der Waals surface area contributed by atoms with Gasteiger partial charge in [-0.15, -0.1) is 12.4 Å². The highest BCUT2D eigenvalue weighted by Gasteiger charge is 2.19. The summed E-state index contributed by atoms with van der Waals surface area (Å²) in [4.78, 5) is 12.9. The lowest BCUT2D eigenvalue weighted by Gasteiger charge is -2.29. The number of ether oxygens (including phenoxy) is 2. The molecule has 6 heteroatoms. The number of carboxylic acid groups (broad SMARTS) is 1. The predicted octanol–water partition coefficient (Wildman–Crippen LogP) is 3.13. The van der Waals surface area contributed by atoms with Crippen LogP contribution in [0.25, 0.3) is 0 Å². The van der Waals surface area contributed by atoms with Gasteiger partial charge in [-0.05, 0) is 56.5 Å². The molecule has 5 nitrogen and oxygen atoms in total. The molecule has 1 aliphatic heterocycles. The van der Waals surface area contributed by atoms with Crippen LogP contribution in [-0.4, -0.2) is 42.3 Å². The predicted molar refractivity (Wildman–Crippen MR) is 91.9 cm³/mol. The van der Waals surface area contributed by atoms with Gasteiger partial charge in [0.1, 0.15) is 0 Å². The van der Waals surface area contributed by atoms with Crippen LogP contribution in [0.2, 0.25) is 0 Å². The van der Waals surface area contributed by atoms with Crippen molar-refractivity contribution in [3.63, 3.8) is 0 Å². The van der Waals surface area contributed by atoms with Crippen LogP contribution in [0.1, 0.15) is 37.8 Å². The third kappa shape index (κ3) is 5.59. The van der Waals surface area contributed by atoms with Crippen molar-refractivity contribution in [2.24, 2.45) is 0 Å². The highest BCUT2D eigenvalue weighted by Crippen LogP contribution is 2.33. The molecule has 23 heavy (non-hydrogen) atoms. The minimum absolute atomic E-state index is 0. The lowest BCUT2D eigenvalue weighted by molar-refractivity contribution is -0.137. The number of benzene rings is 1. The van der Waals surface area contributed by atoms with Crippen LogP contribution in [0, 0.1) is 0 Å². The molecule has 0 bridgehead atoms. The minimum atomic E-state index is -0.725. The molecular formula is C17H26ClNO4. The van der Waals surface area contributed by atoms with E-state index in [-0.39, 0.29) is 18.8 Å². The molecule has 0 saturated heterocycles. The van der Waals surface area contributed by atoms with E-state index in [1.807, 2.05) is 13.8 Å². The fourth-order valence-electron chi connectivity index (χ4n) is 2.80. The van der Waals surface area contributed by atoms with Crippen LogP contribution < -0.4 is 9.47 Å². The fraction of sp³-hybridized carbons (Fsp3) is 0.588. The Morgan fingerprint density at radius 3 is 2.35 bits per heavy atom. The Morgan fingerprint density at radius 2 is 1.78 bits per heavy atom. The molecular weight excluding hydrogens is 318 g/mol. The largest absolute Gasteiger partial charge is 0.490 e. The molecule has 1 N–H and O–H groups in total. The van der Waals surface area contributed by atoms with Crippen molar-refractivity contribution in [2.75, 3.05) is 26.3 Å². The normalized spacial score (nSPS) is 13.8. The third-order valence-electron chi connectivity index (χ3n) is 3.82. The van der Waals surface area contributed by atoms with Gasteiger partial charge >= 0.3 is 5.97 Å². The first-order valence-electron chi connectivity index (χ1n) is 7.99. The van der Waals surface area contributed by atoms with Gasteiger partial charge in [-0.1, -0.05) is 0 Å². The van der Waals surface area contributed by atoms with Crippen LogP contribution >= 0.6 is 12.4 Å². The number of halogens is 1. The van der Waals surface area contributed by atoms with E-state index in [1.165, 1.54) is 11.1 Å². The van der Waals surface area contributed by atoms with Gasteiger partial charge in [-0.25, -0.2) is 0 Å². The summed E-state index contributed by atoms with van der Waals surface area (Å²) in [7, 11) is 0. The summed E-state index contributed by atoms with van der Waals surface area (Å²) in [5, 5.41) is 8.73. The van der Waals surface area contributed by atoms with Gasteiger partial charge in [0, 0.05) is 19.5 Å². The molecule has 1 heterocycles. The van der Waals surface area contributed by atoms with Gasteiger partial charge in [0.15, 0.2) is 11.5 Å². The second-order valence-electron chi connectivity index (χ2n) is 5.46. The zero-order valence-electron chi connectivity index (χ0n) is 13.8. The number of hydrogen-bond donors (Lipinski definition) is 1. The zero-order chi connectivity index (χ0) is 15.9. The number of rotatable bonds is 8. The summed E-state index contributed by atoms with van der Waals surface area (Å²) in [5.41, 5.74) is 2.56. The summed E-state index contributed by atoms with van der Waals surface area (Å²) >= 11 is 0. The number of carboxylic acids is 1. The molecule has 1 aromatic rings. The van der Waals surface area contributed by atoms with Crippen molar-refractivity contribution >= 4 is 18.4 Å². The maximum absolute atomic E-state index is 10.6. The Balaban J connectivity index is 0.00000264. The fourth-order valence-corrected chi connectivity index (χ4v) is 2.80. The monoisotopic (exact) mass is 343 g/mol. The molecule has 2 rings (SSSR count). The Morgan fingerprint density at radius 1 is 1.17 bits per heavy atom. The van der Waals surface area contributed by atoms with Crippen LogP contribution in [0.5, 0.6) is 11.5 Å². The summed E-state index contributed by atoms with van der Waals surface area (Å²) in [6.45, 7) is 7.81. The van der Waals surface area contributed by atoms with E-state index in [1.54, 1.807) is 0 Å². The summed E-state index contributed by atoms with van der Waals surface area (Å²) in [6, 6.07) is 4.17. The topological polar surface area (TPSA) is 59.0 Å². The second kappa shape index (κ2) is 9.63. The van der Waals surface area contributed by atoms with E-state index in [0.29, 0.717) is 19.6 Å². The Bertz CT molecular complexity index is 522. The smallest absolute Gasteiger partial charge is 0.303 e. The van der Waals surface area contributed by atoms with Gasteiger partial charge in [-0.3, -0.25) is 9.69 Å². The molecule has 1 aromatic carbocycles. The first kappa shape index (κ1) is 19.6. The van der Waals surface area contributed by atoms with E-state index >= 15 is 0 Å². The number of fused-ring (bicyclic) bond motifs is 1. The number of nitrogens with zero attached hydrogens (tertiary/aromatic N) is 1. The molecule has 0 atom stereocenters. The maximum Gasteiger partial charge on any atom is 0.303 e. The van der Waals surface area contributed by atoms with E-state index < -0.39 is 5.97 Å².